The molecule has 0 aliphatic rings. The predicted molar refractivity (Wildman–Crippen MR) is 130 cm³/mol. The summed E-state index contributed by atoms with van der Waals surface area (Å²) in [5.74, 6) is 0. The molecule has 0 fully saturated rings. The van der Waals surface area contributed by atoms with Gasteiger partial charge in [-0.3, -0.25) is 0 Å². The fraction of sp³-hybridized carbons (Fsp3) is 0.143. The lowest BCUT2D eigenvalue weighted by molar-refractivity contribution is 0.664. The molecular formula is C28H22OS. The molecule has 0 amide bonds. The first-order valence-electron chi connectivity index (χ1n) is 10.4. The lowest BCUT2D eigenvalue weighted by Crippen LogP contribution is -1.92. The molecule has 6 aromatic rings. The summed E-state index contributed by atoms with van der Waals surface area (Å²) in [5, 5.41) is 5.20. The van der Waals surface area contributed by atoms with Crippen molar-refractivity contribution in [1.29, 1.82) is 0 Å². The van der Waals surface area contributed by atoms with Gasteiger partial charge in [-0.25, -0.2) is 0 Å². The lowest BCUT2D eigenvalue weighted by atomic mass is 9.97. The van der Waals surface area contributed by atoms with Crippen LogP contribution < -0.4 is 0 Å². The molecule has 0 atom stereocenters. The fourth-order valence-corrected chi connectivity index (χ4v) is 6.09. The van der Waals surface area contributed by atoms with E-state index in [-0.39, 0.29) is 0 Å². The maximum absolute atomic E-state index is 6.33. The number of fused-ring (bicyclic) bond motifs is 6. The Kier molecular flexibility index (Phi) is 3.81. The second-order valence-electron chi connectivity index (χ2n) is 8.30. The van der Waals surface area contributed by atoms with Crippen LogP contribution >= 0.6 is 11.3 Å². The van der Waals surface area contributed by atoms with Gasteiger partial charge < -0.3 is 4.42 Å². The highest BCUT2D eigenvalue weighted by Gasteiger charge is 2.15. The SMILES string of the molecule is Cc1cccc2c1sc1c(C)c(Cc3cccc4c3oc3cccc(C)c34)ccc12. The Morgan fingerprint density at radius 3 is 2.30 bits per heavy atom. The molecule has 2 heteroatoms. The van der Waals surface area contributed by atoms with Gasteiger partial charge in [0.25, 0.3) is 0 Å². The van der Waals surface area contributed by atoms with Crippen molar-refractivity contribution in [2.45, 2.75) is 27.2 Å². The van der Waals surface area contributed by atoms with Gasteiger partial charge in [-0.1, -0.05) is 60.7 Å². The number of rotatable bonds is 2. The highest BCUT2D eigenvalue weighted by molar-refractivity contribution is 7.26. The minimum Gasteiger partial charge on any atom is -0.456 e. The van der Waals surface area contributed by atoms with E-state index in [4.69, 9.17) is 4.42 Å². The van der Waals surface area contributed by atoms with Crippen LogP contribution in [0, 0.1) is 20.8 Å². The van der Waals surface area contributed by atoms with E-state index < -0.39 is 0 Å². The maximum Gasteiger partial charge on any atom is 0.138 e. The highest BCUT2D eigenvalue weighted by Crippen LogP contribution is 2.39. The summed E-state index contributed by atoms with van der Waals surface area (Å²) in [6, 6.07) is 24.1. The molecule has 0 saturated heterocycles. The number of hydrogen-bond acceptors (Lipinski definition) is 2. The summed E-state index contributed by atoms with van der Waals surface area (Å²) >= 11 is 1.93. The molecule has 0 aliphatic heterocycles. The molecule has 4 aromatic carbocycles. The summed E-state index contributed by atoms with van der Waals surface area (Å²) in [6.45, 7) is 6.63. The molecule has 0 saturated carbocycles. The highest BCUT2D eigenvalue weighted by atomic mass is 32.1. The zero-order valence-electron chi connectivity index (χ0n) is 17.4. The second-order valence-corrected chi connectivity index (χ2v) is 9.32. The molecule has 0 radical (unpaired) electrons. The number of hydrogen-bond donors (Lipinski definition) is 0. The first-order valence-corrected chi connectivity index (χ1v) is 11.2. The Bertz CT molecular complexity index is 1600. The normalized spacial score (nSPS) is 12.0. The first-order chi connectivity index (χ1) is 14.6. The molecule has 2 aromatic heterocycles. The van der Waals surface area contributed by atoms with Crippen LogP contribution in [0.3, 0.4) is 0 Å². The zero-order valence-corrected chi connectivity index (χ0v) is 18.2. The zero-order chi connectivity index (χ0) is 20.4. The Hall–Kier alpha value is -3.10. The molecule has 0 bridgehead atoms. The Morgan fingerprint density at radius 2 is 1.40 bits per heavy atom. The summed E-state index contributed by atoms with van der Waals surface area (Å²) in [7, 11) is 0. The average molecular weight is 407 g/mol. The van der Waals surface area contributed by atoms with E-state index in [1.165, 1.54) is 58.8 Å². The van der Waals surface area contributed by atoms with Crippen LogP contribution in [-0.2, 0) is 6.42 Å². The summed E-state index contributed by atoms with van der Waals surface area (Å²) in [4.78, 5) is 0. The molecule has 0 N–H and O–H groups in total. The van der Waals surface area contributed by atoms with Gasteiger partial charge in [0.15, 0.2) is 0 Å². The molecule has 0 unspecified atom stereocenters. The maximum atomic E-state index is 6.33. The van der Waals surface area contributed by atoms with Crippen molar-refractivity contribution in [3.8, 4) is 0 Å². The molecule has 1 nitrogen and oxygen atoms in total. The fourth-order valence-electron chi connectivity index (χ4n) is 4.80. The van der Waals surface area contributed by atoms with Crippen LogP contribution in [0.2, 0.25) is 0 Å². The van der Waals surface area contributed by atoms with Crippen LogP contribution in [0.15, 0.2) is 71.1 Å². The van der Waals surface area contributed by atoms with E-state index in [2.05, 4.69) is 87.5 Å². The van der Waals surface area contributed by atoms with Gasteiger partial charge in [0.2, 0.25) is 0 Å². The van der Waals surface area contributed by atoms with Crippen molar-refractivity contribution in [3.63, 3.8) is 0 Å². The lowest BCUT2D eigenvalue weighted by Gasteiger charge is -2.08. The van der Waals surface area contributed by atoms with Gasteiger partial charge in [0.05, 0.1) is 0 Å². The topological polar surface area (TPSA) is 13.1 Å². The molecule has 2 heterocycles. The van der Waals surface area contributed by atoms with Gasteiger partial charge in [-0.05, 0) is 54.7 Å². The van der Waals surface area contributed by atoms with Gasteiger partial charge in [0, 0.05) is 37.4 Å². The van der Waals surface area contributed by atoms with Gasteiger partial charge in [0.1, 0.15) is 11.2 Å². The van der Waals surface area contributed by atoms with Crippen molar-refractivity contribution in [1.82, 2.24) is 0 Å². The third kappa shape index (κ3) is 2.47. The van der Waals surface area contributed by atoms with Crippen molar-refractivity contribution in [2.75, 3.05) is 0 Å². The number of benzene rings is 4. The summed E-state index contributed by atoms with van der Waals surface area (Å²) in [6.07, 6.45) is 0.880. The molecular weight excluding hydrogens is 384 g/mol. The van der Waals surface area contributed by atoms with Crippen LogP contribution in [0.5, 0.6) is 0 Å². The summed E-state index contributed by atoms with van der Waals surface area (Å²) < 4.78 is 9.14. The van der Waals surface area contributed by atoms with E-state index in [1.807, 2.05) is 11.3 Å². The molecule has 6 rings (SSSR count). The number of furan rings is 1. The van der Waals surface area contributed by atoms with E-state index in [0.29, 0.717) is 0 Å². The number of thiophene rings is 1. The number of para-hydroxylation sites is 1. The van der Waals surface area contributed by atoms with Crippen LogP contribution in [-0.4, -0.2) is 0 Å². The quantitative estimate of drug-likeness (QED) is 0.281. The van der Waals surface area contributed by atoms with E-state index in [0.717, 1.165) is 17.6 Å². The minimum absolute atomic E-state index is 0.880. The van der Waals surface area contributed by atoms with Crippen molar-refractivity contribution in [2.24, 2.45) is 0 Å². The van der Waals surface area contributed by atoms with Gasteiger partial charge >= 0.3 is 0 Å². The predicted octanol–water partition coefficient (Wildman–Crippen LogP) is 8.47. The summed E-state index contributed by atoms with van der Waals surface area (Å²) in [5.41, 5.74) is 8.63. The van der Waals surface area contributed by atoms with E-state index >= 15 is 0 Å². The van der Waals surface area contributed by atoms with Crippen LogP contribution in [0.1, 0.15) is 27.8 Å². The van der Waals surface area contributed by atoms with E-state index in [1.54, 1.807) is 0 Å². The van der Waals surface area contributed by atoms with Crippen molar-refractivity contribution in [3.05, 3.63) is 94.5 Å². The molecule has 0 aliphatic carbocycles. The Labute approximate surface area is 179 Å². The van der Waals surface area contributed by atoms with Crippen molar-refractivity contribution < 1.29 is 4.42 Å². The largest absolute Gasteiger partial charge is 0.456 e. The monoisotopic (exact) mass is 406 g/mol. The Balaban J connectivity index is 1.54. The standard InChI is InChI=1S/C28H22OS/c1-16-7-5-12-24-25(16)23-11-6-9-20(26(23)29-24)15-19-13-14-22-21-10-4-8-17(2)27(21)30-28(22)18(19)3/h4-14H,15H2,1-3H3. The first kappa shape index (κ1) is 17.7. The smallest absolute Gasteiger partial charge is 0.138 e. The molecule has 30 heavy (non-hydrogen) atoms. The molecule has 0 spiro atoms. The Morgan fingerprint density at radius 1 is 0.667 bits per heavy atom. The van der Waals surface area contributed by atoms with Gasteiger partial charge in [-0.2, -0.15) is 0 Å². The number of aryl methyl sites for hydroxylation is 3. The average Bonchev–Trinajstić information content (AvgIpc) is 3.31. The molecule has 146 valence electrons. The van der Waals surface area contributed by atoms with Gasteiger partial charge in [-0.15, -0.1) is 11.3 Å². The van der Waals surface area contributed by atoms with Crippen molar-refractivity contribution >= 4 is 53.4 Å². The van der Waals surface area contributed by atoms with E-state index in [9.17, 15) is 0 Å². The minimum atomic E-state index is 0.880. The van der Waals surface area contributed by atoms with Crippen LogP contribution in [0.4, 0.5) is 0 Å². The third-order valence-corrected chi connectivity index (χ3v) is 7.89. The third-order valence-electron chi connectivity index (χ3n) is 6.42. The van der Waals surface area contributed by atoms with Crippen LogP contribution in [0.25, 0.3) is 42.1 Å². The second kappa shape index (κ2) is 6.45.